The van der Waals surface area contributed by atoms with Crippen molar-refractivity contribution in [3.05, 3.63) is 27.2 Å². The highest BCUT2D eigenvalue weighted by Gasteiger charge is 2.22. The van der Waals surface area contributed by atoms with Crippen molar-refractivity contribution in [1.82, 2.24) is 4.90 Å². The van der Waals surface area contributed by atoms with E-state index in [0.29, 0.717) is 19.7 Å². The third kappa shape index (κ3) is 4.82. The van der Waals surface area contributed by atoms with Gasteiger partial charge < -0.3 is 9.64 Å². The molecule has 0 unspecified atom stereocenters. The first-order valence-electron chi connectivity index (χ1n) is 5.94. The molecule has 0 aliphatic heterocycles. The lowest BCUT2D eigenvalue weighted by Gasteiger charge is -2.21. The van der Waals surface area contributed by atoms with Crippen LogP contribution < -0.4 is 0 Å². The summed E-state index contributed by atoms with van der Waals surface area (Å²) in [5, 5.41) is 0.139. The molecule has 1 amide bonds. The van der Waals surface area contributed by atoms with Crippen LogP contribution in [0.3, 0.4) is 0 Å². The lowest BCUT2D eigenvalue weighted by Crippen LogP contribution is -2.34. The molecule has 0 aliphatic rings. The van der Waals surface area contributed by atoms with E-state index in [4.69, 9.17) is 27.0 Å². The number of carbonyl (C=O) groups excluding carboxylic acids is 1. The van der Waals surface area contributed by atoms with Crippen LogP contribution in [-0.4, -0.2) is 46.0 Å². The Morgan fingerprint density at radius 1 is 1.43 bits per heavy atom. The molecule has 0 radical (unpaired) electrons. The molecule has 0 N–H and O–H groups in total. The average molecular weight is 419 g/mol. The van der Waals surface area contributed by atoms with Gasteiger partial charge in [-0.2, -0.15) is 0 Å². The first-order valence-corrected chi connectivity index (χ1v) is 9.42. The second-order valence-electron chi connectivity index (χ2n) is 4.08. The molecule has 0 bridgehead atoms. The Hall–Kier alpha value is -0.340. The summed E-state index contributed by atoms with van der Waals surface area (Å²) in [6, 6.07) is 2.43. The Balaban J connectivity index is 3.28. The van der Waals surface area contributed by atoms with E-state index in [9.17, 15) is 13.2 Å². The minimum Gasteiger partial charge on any atom is -0.383 e. The fraction of sp³-hybridized carbons (Fsp3) is 0.417. The first-order chi connectivity index (χ1) is 9.72. The van der Waals surface area contributed by atoms with Gasteiger partial charge >= 0.3 is 0 Å². The van der Waals surface area contributed by atoms with Gasteiger partial charge in [-0.15, -0.1) is 0 Å². The molecule has 0 fully saturated rings. The zero-order valence-electron chi connectivity index (χ0n) is 11.4. The van der Waals surface area contributed by atoms with Gasteiger partial charge in [-0.1, -0.05) is 11.6 Å². The monoisotopic (exact) mass is 417 g/mol. The molecule has 0 saturated carbocycles. The van der Waals surface area contributed by atoms with Crippen LogP contribution in [0.15, 0.2) is 21.5 Å². The number of likely N-dealkylation sites (N-methyl/N-ethyl adjacent to an activating group) is 1. The maximum atomic E-state index is 12.5. The fourth-order valence-corrected chi connectivity index (χ4v) is 3.22. The van der Waals surface area contributed by atoms with Crippen molar-refractivity contribution in [3.8, 4) is 0 Å². The third-order valence-corrected chi connectivity index (χ3v) is 5.34. The van der Waals surface area contributed by atoms with Gasteiger partial charge in [0, 0.05) is 35.4 Å². The van der Waals surface area contributed by atoms with E-state index in [2.05, 4.69) is 15.9 Å². The van der Waals surface area contributed by atoms with E-state index >= 15 is 0 Å². The molecule has 118 valence electrons. The highest BCUT2D eigenvalue weighted by atomic mass is 79.9. The summed E-state index contributed by atoms with van der Waals surface area (Å²) in [7, 11) is 2.89. The number of amides is 1. The van der Waals surface area contributed by atoms with Gasteiger partial charge in [-0.05, 0) is 35.0 Å². The zero-order chi connectivity index (χ0) is 16.2. The predicted molar refractivity (Wildman–Crippen MR) is 85.6 cm³/mol. The molecule has 0 atom stereocenters. The number of methoxy groups -OCH3 is 1. The van der Waals surface area contributed by atoms with Crippen molar-refractivity contribution in [2.24, 2.45) is 0 Å². The Kier molecular flexibility index (Phi) is 6.93. The SMILES string of the molecule is CCN(CCOC)C(=O)c1cc(S(=O)(=O)Cl)cc(Br)c1Cl. The van der Waals surface area contributed by atoms with Crippen molar-refractivity contribution in [2.75, 3.05) is 26.8 Å². The number of hydrogen-bond donors (Lipinski definition) is 0. The van der Waals surface area contributed by atoms with Gasteiger partial charge in [-0.3, -0.25) is 4.79 Å². The molecule has 0 spiro atoms. The molecule has 1 aromatic carbocycles. The number of nitrogens with zero attached hydrogens (tertiary/aromatic N) is 1. The number of rotatable bonds is 6. The number of hydrogen-bond acceptors (Lipinski definition) is 4. The van der Waals surface area contributed by atoms with Crippen molar-refractivity contribution in [2.45, 2.75) is 11.8 Å². The Morgan fingerprint density at radius 3 is 2.52 bits per heavy atom. The van der Waals surface area contributed by atoms with Crippen LogP contribution >= 0.6 is 38.2 Å². The number of benzene rings is 1. The van der Waals surface area contributed by atoms with E-state index in [0.717, 1.165) is 0 Å². The van der Waals surface area contributed by atoms with Crippen LogP contribution in [-0.2, 0) is 13.8 Å². The summed E-state index contributed by atoms with van der Waals surface area (Å²) in [6.07, 6.45) is 0. The summed E-state index contributed by atoms with van der Waals surface area (Å²) < 4.78 is 28.1. The van der Waals surface area contributed by atoms with Crippen LogP contribution in [0, 0.1) is 0 Å². The highest BCUT2D eigenvalue weighted by molar-refractivity contribution is 9.10. The van der Waals surface area contributed by atoms with E-state index < -0.39 is 9.05 Å². The van der Waals surface area contributed by atoms with Crippen molar-refractivity contribution in [3.63, 3.8) is 0 Å². The van der Waals surface area contributed by atoms with Crippen LogP contribution in [0.2, 0.25) is 5.02 Å². The topological polar surface area (TPSA) is 63.7 Å². The lowest BCUT2D eigenvalue weighted by atomic mass is 10.2. The minimum absolute atomic E-state index is 0.0724. The van der Waals surface area contributed by atoms with Gasteiger partial charge in [0.1, 0.15) is 0 Å². The van der Waals surface area contributed by atoms with Crippen LogP contribution in [0.5, 0.6) is 0 Å². The molecule has 9 heteroatoms. The lowest BCUT2D eigenvalue weighted by molar-refractivity contribution is 0.0706. The van der Waals surface area contributed by atoms with Gasteiger partial charge in [0.15, 0.2) is 0 Å². The van der Waals surface area contributed by atoms with Crippen LogP contribution in [0.1, 0.15) is 17.3 Å². The summed E-state index contributed by atoms with van der Waals surface area (Å²) in [5.74, 6) is -0.387. The maximum absolute atomic E-state index is 12.5. The predicted octanol–water partition coefficient (Wildman–Crippen LogP) is 3.14. The van der Waals surface area contributed by atoms with Crippen molar-refractivity contribution < 1.29 is 17.9 Å². The summed E-state index contributed by atoms with van der Waals surface area (Å²) in [6.45, 7) is 2.98. The largest absolute Gasteiger partial charge is 0.383 e. The first kappa shape index (κ1) is 18.7. The maximum Gasteiger partial charge on any atom is 0.261 e. The summed E-state index contributed by atoms with van der Waals surface area (Å²) in [5.41, 5.74) is 0.0724. The summed E-state index contributed by atoms with van der Waals surface area (Å²) in [4.78, 5) is 13.8. The van der Waals surface area contributed by atoms with Gasteiger partial charge in [0.05, 0.1) is 22.1 Å². The Bertz CT molecular complexity index is 636. The van der Waals surface area contributed by atoms with E-state index in [1.165, 1.54) is 24.1 Å². The molecule has 0 aliphatic carbocycles. The smallest absolute Gasteiger partial charge is 0.261 e. The zero-order valence-corrected chi connectivity index (χ0v) is 15.3. The average Bonchev–Trinajstić information content (AvgIpc) is 2.41. The van der Waals surface area contributed by atoms with Gasteiger partial charge in [0.2, 0.25) is 0 Å². The number of halogens is 3. The second-order valence-corrected chi connectivity index (χ2v) is 7.88. The summed E-state index contributed by atoms with van der Waals surface area (Å²) >= 11 is 9.21. The Labute approximate surface area is 141 Å². The normalized spacial score (nSPS) is 11.5. The molecule has 0 saturated heterocycles. The minimum atomic E-state index is -3.96. The van der Waals surface area contributed by atoms with E-state index in [1.54, 1.807) is 6.92 Å². The molecular formula is C12H14BrCl2NO4S. The number of ether oxygens (including phenoxy) is 1. The molecule has 0 aromatic heterocycles. The molecule has 5 nitrogen and oxygen atoms in total. The van der Waals surface area contributed by atoms with E-state index in [-0.39, 0.29) is 25.9 Å². The molecular weight excluding hydrogens is 405 g/mol. The molecule has 1 aromatic rings. The highest BCUT2D eigenvalue weighted by Crippen LogP contribution is 2.31. The third-order valence-electron chi connectivity index (χ3n) is 2.75. The Morgan fingerprint density at radius 2 is 2.05 bits per heavy atom. The molecule has 21 heavy (non-hydrogen) atoms. The van der Waals surface area contributed by atoms with Crippen molar-refractivity contribution in [1.29, 1.82) is 0 Å². The molecule has 1 rings (SSSR count). The van der Waals surface area contributed by atoms with Crippen LogP contribution in [0.25, 0.3) is 0 Å². The van der Waals surface area contributed by atoms with Gasteiger partial charge in [-0.25, -0.2) is 8.42 Å². The van der Waals surface area contributed by atoms with Gasteiger partial charge in [0.25, 0.3) is 15.0 Å². The quantitative estimate of drug-likeness (QED) is 0.665. The van der Waals surface area contributed by atoms with Crippen molar-refractivity contribution >= 4 is 53.2 Å². The van der Waals surface area contributed by atoms with Crippen LogP contribution in [0.4, 0.5) is 0 Å². The molecule has 0 heterocycles. The number of carbonyl (C=O) groups is 1. The fourth-order valence-electron chi connectivity index (χ4n) is 1.64. The van der Waals surface area contributed by atoms with E-state index in [1.807, 2.05) is 0 Å². The standard InChI is InChI=1S/C12H14BrCl2NO4S/c1-3-16(4-5-20-2)12(17)9-6-8(21(15,18)19)7-10(13)11(9)14/h6-7H,3-5H2,1-2H3. The second kappa shape index (κ2) is 7.78.